The Morgan fingerprint density at radius 2 is 1.94 bits per heavy atom. The number of rotatable bonds is 6. The molecule has 0 saturated heterocycles. The number of hydrogen-bond donors (Lipinski definition) is 2. The average Bonchev–Trinajstić information content (AvgIpc) is 2.31. The fourth-order valence-corrected chi connectivity index (χ4v) is 1.38. The molecule has 0 atom stereocenters. The van der Waals surface area contributed by atoms with Crippen LogP contribution in [0.1, 0.15) is 18.4 Å². The van der Waals surface area contributed by atoms with Crippen LogP contribution in [0.4, 0.5) is 8.78 Å². The zero-order valence-corrected chi connectivity index (χ0v) is 9.58. The molecule has 0 heterocycles. The van der Waals surface area contributed by atoms with E-state index < -0.39 is 23.5 Å². The summed E-state index contributed by atoms with van der Waals surface area (Å²) in [6.45, 7) is 0.138. The van der Waals surface area contributed by atoms with E-state index in [1.165, 1.54) is 0 Å². The lowest BCUT2D eigenvalue weighted by Crippen LogP contribution is -2.26. The van der Waals surface area contributed by atoms with Crippen molar-refractivity contribution < 1.29 is 23.5 Å². The van der Waals surface area contributed by atoms with E-state index in [-0.39, 0.29) is 31.4 Å². The maximum Gasteiger partial charge on any atom is 0.303 e. The highest BCUT2D eigenvalue weighted by molar-refractivity contribution is 5.80. The highest BCUT2D eigenvalue weighted by Crippen LogP contribution is 2.09. The first-order valence-electron chi connectivity index (χ1n) is 5.41. The summed E-state index contributed by atoms with van der Waals surface area (Å²) >= 11 is 0. The lowest BCUT2D eigenvalue weighted by molar-refractivity contribution is -0.138. The van der Waals surface area contributed by atoms with E-state index in [9.17, 15) is 18.4 Å². The molecule has 0 saturated carbocycles. The standard InChI is InChI=1S/C12H13F2NO3/c13-9-1-2-10(14)8(7-9)5-6-15-11(16)3-4-12(17)18/h1-2,7H,3-6H2,(H,15,16)(H,17,18). The summed E-state index contributed by atoms with van der Waals surface area (Å²) in [5, 5.41) is 10.8. The third-order valence-electron chi connectivity index (χ3n) is 2.29. The van der Waals surface area contributed by atoms with Crippen LogP contribution in [0, 0.1) is 11.6 Å². The Labute approximate surface area is 103 Å². The SMILES string of the molecule is O=C(O)CCC(=O)NCCc1cc(F)ccc1F. The first-order valence-corrected chi connectivity index (χ1v) is 5.41. The minimum Gasteiger partial charge on any atom is -0.481 e. The summed E-state index contributed by atoms with van der Waals surface area (Å²) < 4.78 is 26.0. The number of hydrogen-bond acceptors (Lipinski definition) is 2. The summed E-state index contributed by atoms with van der Waals surface area (Å²) in [6, 6.07) is 3.11. The third-order valence-corrected chi connectivity index (χ3v) is 2.29. The van der Waals surface area contributed by atoms with Crippen LogP contribution < -0.4 is 5.32 Å². The van der Waals surface area contributed by atoms with Crippen molar-refractivity contribution in [3.63, 3.8) is 0 Å². The fourth-order valence-electron chi connectivity index (χ4n) is 1.38. The van der Waals surface area contributed by atoms with Crippen molar-refractivity contribution in [2.75, 3.05) is 6.54 Å². The molecule has 1 aromatic carbocycles. The predicted octanol–water partition coefficient (Wildman–Crippen LogP) is 1.49. The molecule has 0 aliphatic heterocycles. The molecule has 0 aliphatic rings. The van der Waals surface area contributed by atoms with Gasteiger partial charge in [-0.3, -0.25) is 9.59 Å². The van der Waals surface area contributed by atoms with Crippen molar-refractivity contribution in [1.29, 1.82) is 0 Å². The summed E-state index contributed by atoms with van der Waals surface area (Å²) in [5.41, 5.74) is 0.175. The monoisotopic (exact) mass is 257 g/mol. The van der Waals surface area contributed by atoms with Crippen LogP contribution in [0.15, 0.2) is 18.2 Å². The predicted molar refractivity (Wildman–Crippen MR) is 59.9 cm³/mol. The first-order chi connectivity index (χ1) is 8.49. The van der Waals surface area contributed by atoms with Gasteiger partial charge in [-0.1, -0.05) is 0 Å². The van der Waals surface area contributed by atoms with Crippen LogP contribution in [0.2, 0.25) is 0 Å². The molecule has 0 spiro atoms. The molecule has 0 radical (unpaired) electrons. The van der Waals surface area contributed by atoms with Gasteiger partial charge in [0.25, 0.3) is 0 Å². The number of nitrogens with one attached hydrogen (secondary N) is 1. The van der Waals surface area contributed by atoms with Gasteiger partial charge in [0.2, 0.25) is 5.91 Å². The van der Waals surface area contributed by atoms with E-state index in [0.717, 1.165) is 18.2 Å². The molecule has 6 heteroatoms. The molecule has 98 valence electrons. The van der Waals surface area contributed by atoms with Crippen molar-refractivity contribution in [3.8, 4) is 0 Å². The van der Waals surface area contributed by atoms with Gasteiger partial charge in [0.05, 0.1) is 6.42 Å². The molecule has 18 heavy (non-hydrogen) atoms. The quantitative estimate of drug-likeness (QED) is 0.811. The van der Waals surface area contributed by atoms with E-state index in [0.29, 0.717) is 0 Å². The minimum absolute atomic E-state index is 0.124. The van der Waals surface area contributed by atoms with Crippen molar-refractivity contribution in [1.82, 2.24) is 5.32 Å². The summed E-state index contributed by atoms with van der Waals surface area (Å²) in [5.74, 6) is -2.55. The second-order valence-corrected chi connectivity index (χ2v) is 3.73. The van der Waals surface area contributed by atoms with Gasteiger partial charge in [0.15, 0.2) is 0 Å². The average molecular weight is 257 g/mol. The summed E-state index contributed by atoms with van der Waals surface area (Å²) in [6.07, 6.45) is -0.219. The Hall–Kier alpha value is -1.98. The number of aliphatic carboxylic acids is 1. The maximum absolute atomic E-state index is 13.2. The lowest BCUT2D eigenvalue weighted by Gasteiger charge is -2.05. The van der Waals surface area contributed by atoms with Crippen molar-refractivity contribution in [2.24, 2.45) is 0 Å². The van der Waals surface area contributed by atoms with Gasteiger partial charge in [0, 0.05) is 13.0 Å². The molecule has 0 aromatic heterocycles. The molecule has 1 amide bonds. The topological polar surface area (TPSA) is 66.4 Å². The Morgan fingerprint density at radius 1 is 1.22 bits per heavy atom. The van der Waals surface area contributed by atoms with Crippen molar-refractivity contribution in [2.45, 2.75) is 19.3 Å². The lowest BCUT2D eigenvalue weighted by atomic mass is 10.1. The number of carbonyl (C=O) groups is 2. The van der Waals surface area contributed by atoms with Crippen LogP contribution in [-0.4, -0.2) is 23.5 Å². The van der Waals surface area contributed by atoms with E-state index >= 15 is 0 Å². The van der Waals surface area contributed by atoms with Gasteiger partial charge in [0.1, 0.15) is 11.6 Å². The zero-order valence-electron chi connectivity index (χ0n) is 9.58. The van der Waals surface area contributed by atoms with Crippen LogP contribution in [0.25, 0.3) is 0 Å². The second kappa shape index (κ2) is 6.68. The Bertz CT molecular complexity index is 449. The number of carboxylic acid groups (broad SMARTS) is 1. The normalized spacial score (nSPS) is 10.1. The summed E-state index contributed by atoms with van der Waals surface area (Å²) in [4.78, 5) is 21.4. The van der Waals surface area contributed by atoms with Crippen molar-refractivity contribution in [3.05, 3.63) is 35.4 Å². The Balaban J connectivity index is 2.35. The third kappa shape index (κ3) is 4.90. The van der Waals surface area contributed by atoms with Gasteiger partial charge in [-0.15, -0.1) is 0 Å². The van der Waals surface area contributed by atoms with Gasteiger partial charge in [-0.05, 0) is 30.2 Å². The van der Waals surface area contributed by atoms with Crippen LogP contribution in [0.3, 0.4) is 0 Å². The largest absolute Gasteiger partial charge is 0.481 e. The van der Waals surface area contributed by atoms with E-state index in [1.54, 1.807) is 0 Å². The molecule has 2 N–H and O–H groups in total. The molecule has 1 rings (SSSR count). The summed E-state index contributed by atoms with van der Waals surface area (Å²) in [7, 11) is 0. The number of halogens is 2. The zero-order chi connectivity index (χ0) is 13.5. The molecule has 1 aromatic rings. The molecule has 0 unspecified atom stereocenters. The first kappa shape index (κ1) is 14.1. The highest BCUT2D eigenvalue weighted by Gasteiger charge is 2.07. The van der Waals surface area contributed by atoms with Crippen LogP contribution in [0.5, 0.6) is 0 Å². The van der Waals surface area contributed by atoms with E-state index in [2.05, 4.69) is 5.32 Å². The number of carboxylic acids is 1. The maximum atomic E-state index is 13.2. The number of benzene rings is 1. The fraction of sp³-hybridized carbons (Fsp3) is 0.333. The molecule has 0 fully saturated rings. The van der Waals surface area contributed by atoms with E-state index in [4.69, 9.17) is 5.11 Å². The van der Waals surface area contributed by atoms with Gasteiger partial charge in [-0.25, -0.2) is 8.78 Å². The molecule has 4 nitrogen and oxygen atoms in total. The number of carbonyl (C=O) groups excluding carboxylic acids is 1. The minimum atomic E-state index is -1.05. The molecule has 0 aliphatic carbocycles. The van der Waals surface area contributed by atoms with Gasteiger partial charge < -0.3 is 10.4 Å². The van der Waals surface area contributed by atoms with E-state index in [1.807, 2.05) is 0 Å². The molecular formula is C12H13F2NO3. The Morgan fingerprint density at radius 3 is 2.61 bits per heavy atom. The Kier molecular flexibility index (Phi) is 5.23. The van der Waals surface area contributed by atoms with Crippen LogP contribution >= 0.6 is 0 Å². The second-order valence-electron chi connectivity index (χ2n) is 3.73. The molecular weight excluding hydrogens is 244 g/mol. The number of amides is 1. The molecule has 0 bridgehead atoms. The van der Waals surface area contributed by atoms with Crippen molar-refractivity contribution >= 4 is 11.9 Å². The highest BCUT2D eigenvalue weighted by atomic mass is 19.1. The van der Waals surface area contributed by atoms with Gasteiger partial charge in [-0.2, -0.15) is 0 Å². The van der Waals surface area contributed by atoms with Gasteiger partial charge >= 0.3 is 5.97 Å². The van der Waals surface area contributed by atoms with Crippen LogP contribution in [-0.2, 0) is 16.0 Å². The smallest absolute Gasteiger partial charge is 0.303 e.